The quantitative estimate of drug-likeness (QED) is 0.374. The highest BCUT2D eigenvalue weighted by atomic mass is 35.5. The number of hydrogen-bond acceptors (Lipinski definition) is 4. The number of hydrogen-bond donors (Lipinski definition) is 0. The van der Waals surface area contributed by atoms with Crippen LogP contribution in [0.1, 0.15) is 38.9 Å². The second-order valence-corrected chi connectivity index (χ2v) is 9.77. The van der Waals surface area contributed by atoms with E-state index >= 15 is 0 Å². The molecular formula is C26H27Cl2NO3. The fourth-order valence-electron chi connectivity index (χ4n) is 4.18. The SMILES string of the molecule is CC(CC(C#N)C(OC(=O)C1C(C=C(Cl)Cl)C1(C)C)c1ccccc1)Oc1ccccc1. The number of nitriles is 1. The largest absolute Gasteiger partial charge is 0.491 e. The molecule has 2 aromatic rings. The zero-order valence-electron chi connectivity index (χ0n) is 18.4. The predicted octanol–water partition coefficient (Wildman–Crippen LogP) is 6.86. The summed E-state index contributed by atoms with van der Waals surface area (Å²) in [6.07, 6.45) is 1.14. The van der Waals surface area contributed by atoms with Crippen molar-refractivity contribution in [2.45, 2.75) is 39.4 Å². The third-order valence-corrected chi connectivity index (χ3v) is 6.29. The van der Waals surface area contributed by atoms with Crippen LogP contribution in [0.3, 0.4) is 0 Å². The molecule has 2 aromatic carbocycles. The van der Waals surface area contributed by atoms with Gasteiger partial charge in [0.25, 0.3) is 0 Å². The monoisotopic (exact) mass is 471 g/mol. The van der Waals surface area contributed by atoms with Gasteiger partial charge in [-0.15, -0.1) is 0 Å². The van der Waals surface area contributed by atoms with Gasteiger partial charge in [0.1, 0.15) is 16.3 Å². The molecule has 168 valence electrons. The number of ether oxygens (including phenoxy) is 2. The molecule has 0 bridgehead atoms. The van der Waals surface area contributed by atoms with Crippen molar-refractivity contribution in [2.24, 2.45) is 23.2 Å². The lowest BCUT2D eigenvalue weighted by molar-refractivity contribution is -0.154. The zero-order chi connectivity index (χ0) is 23.3. The summed E-state index contributed by atoms with van der Waals surface area (Å²) < 4.78 is 12.1. The number of benzene rings is 2. The smallest absolute Gasteiger partial charge is 0.310 e. The highest BCUT2D eigenvalue weighted by Gasteiger charge is 2.62. The highest BCUT2D eigenvalue weighted by Crippen LogP contribution is 2.60. The molecule has 0 radical (unpaired) electrons. The van der Waals surface area contributed by atoms with E-state index in [0.717, 1.165) is 11.3 Å². The fourth-order valence-corrected chi connectivity index (χ4v) is 4.45. The van der Waals surface area contributed by atoms with Crippen molar-refractivity contribution in [3.05, 3.63) is 76.8 Å². The van der Waals surface area contributed by atoms with Crippen molar-refractivity contribution in [3.63, 3.8) is 0 Å². The van der Waals surface area contributed by atoms with Crippen LogP contribution in [0.25, 0.3) is 0 Å². The van der Waals surface area contributed by atoms with E-state index in [4.69, 9.17) is 32.7 Å². The first kappa shape index (κ1) is 24.2. The summed E-state index contributed by atoms with van der Waals surface area (Å²) >= 11 is 11.7. The topological polar surface area (TPSA) is 59.3 Å². The number of esters is 1. The molecule has 1 aliphatic carbocycles. The maximum absolute atomic E-state index is 13.1. The summed E-state index contributed by atoms with van der Waals surface area (Å²) in [6, 6.07) is 21.2. The van der Waals surface area contributed by atoms with E-state index in [1.165, 1.54) is 0 Å². The van der Waals surface area contributed by atoms with E-state index in [2.05, 4.69) is 6.07 Å². The van der Waals surface area contributed by atoms with Gasteiger partial charge in [-0.1, -0.05) is 85.6 Å². The van der Waals surface area contributed by atoms with Crippen LogP contribution in [0.2, 0.25) is 0 Å². The van der Waals surface area contributed by atoms with Gasteiger partial charge in [0, 0.05) is 6.42 Å². The molecule has 0 aliphatic heterocycles. The van der Waals surface area contributed by atoms with Crippen LogP contribution in [-0.4, -0.2) is 12.1 Å². The summed E-state index contributed by atoms with van der Waals surface area (Å²) in [4.78, 5) is 13.1. The highest BCUT2D eigenvalue weighted by molar-refractivity contribution is 6.55. The van der Waals surface area contributed by atoms with Crippen molar-refractivity contribution >= 4 is 29.2 Å². The number of para-hydroxylation sites is 1. The van der Waals surface area contributed by atoms with Gasteiger partial charge in [-0.3, -0.25) is 4.79 Å². The van der Waals surface area contributed by atoms with Crippen LogP contribution in [0.4, 0.5) is 0 Å². The first-order chi connectivity index (χ1) is 15.2. The first-order valence-corrected chi connectivity index (χ1v) is 11.4. The predicted molar refractivity (Wildman–Crippen MR) is 126 cm³/mol. The molecule has 0 aromatic heterocycles. The normalized spacial score (nSPS) is 21.4. The lowest BCUT2D eigenvalue weighted by atomic mass is 9.91. The minimum atomic E-state index is -0.706. The molecular weight excluding hydrogens is 445 g/mol. The van der Waals surface area contributed by atoms with E-state index in [-0.39, 0.29) is 33.8 Å². The number of carbonyl (C=O) groups is 1. The molecule has 1 saturated carbocycles. The van der Waals surface area contributed by atoms with Crippen molar-refractivity contribution in [2.75, 3.05) is 0 Å². The second kappa shape index (κ2) is 10.4. The fraction of sp³-hybridized carbons (Fsp3) is 0.385. The summed E-state index contributed by atoms with van der Waals surface area (Å²) in [5.41, 5.74) is 0.472. The minimum Gasteiger partial charge on any atom is -0.491 e. The van der Waals surface area contributed by atoms with E-state index in [1.54, 1.807) is 6.08 Å². The Labute approximate surface area is 199 Å². The minimum absolute atomic E-state index is 0.0997. The number of rotatable bonds is 9. The molecule has 5 atom stereocenters. The number of allylic oxidation sites excluding steroid dienone is 1. The summed E-state index contributed by atoms with van der Waals surface area (Å²) in [5.74, 6) is -0.655. The van der Waals surface area contributed by atoms with Gasteiger partial charge in [-0.2, -0.15) is 5.26 Å². The number of carbonyl (C=O) groups excluding carboxylic acids is 1. The Bertz CT molecular complexity index is 981. The van der Waals surface area contributed by atoms with Gasteiger partial charge in [0.15, 0.2) is 0 Å². The summed E-state index contributed by atoms with van der Waals surface area (Å²) in [6.45, 7) is 5.87. The van der Waals surface area contributed by atoms with Gasteiger partial charge in [0.05, 0.1) is 24.0 Å². The molecule has 6 heteroatoms. The number of halogens is 2. The van der Waals surface area contributed by atoms with Crippen molar-refractivity contribution < 1.29 is 14.3 Å². The third kappa shape index (κ3) is 5.85. The van der Waals surface area contributed by atoms with E-state index in [9.17, 15) is 10.1 Å². The van der Waals surface area contributed by atoms with Gasteiger partial charge in [-0.25, -0.2) is 0 Å². The van der Waals surface area contributed by atoms with Crippen LogP contribution >= 0.6 is 23.2 Å². The molecule has 4 nitrogen and oxygen atoms in total. The van der Waals surface area contributed by atoms with Gasteiger partial charge < -0.3 is 9.47 Å². The standard InChI is InChI=1S/C26H27Cl2NO3/c1-17(31-20-12-8-5-9-13-20)14-19(16-29)24(18-10-6-4-7-11-18)32-25(30)23-21(15-22(27)28)26(23,2)3/h4-13,15,17,19,21,23-24H,14H2,1-3H3. The maximum atomic E-state index is 13.1. The van der Waals surface area contributed by atoms with E-state index < -0.39 is 12.0 Å². The Kier molecular flexibility index (Phi) is 7.87. The Balaban J connectivity index is 1.77. The molecule has 0 amide bonds. The van der Waals surface area contributed by atoms with Crippen LogP contribution in [0, 0.1) is 34.5 Å². The zero-order valence-corrected chi connectivity index (χ0v) is 19.9. The Hall–Kier alpha value is -2.48. The van der Waals surface area contributed by atoms with Gasteiger partial charge in [0.2, 0.25) is 0 Å². The average molecular weight is 472 g/mol. The lowest BCUT2D eigenvalue weighted by Crippen LogP contribution is -2.25. The first-order valence-electron chi connectivity index (χ1n) is 10.6. The van der Waals surface area contributed by atoms with Crippen LogP contribution in [0.15, 0.2) is 71.2 Å². The Morgan fingerprint density at radius 3 is 2.28 bits per heavy atom. The van der Waals surface area contributed by atoms with E-state index in [0.29, 0.717) is 6.42 Å². The van der Waals surface area contributed by atoms with Crippen LogP contribution < -0.4 is 4.74 Å². The molecule has 1 aliphatic rings. The third-order valence-electron chi connectivity index (χ3n) is 6.04. The van der Waals surface area contributed by atoms with Crippen molar-refractivity contribution in [1.82, 2.24) is 0 Å². The van der Waals surface area contributed by atoms with Gasteiger partial charge in [-0.05, 0) is 42.0 Å². The molecule has 0 heterocycles. The molecule has 0 N–H and O–H groups in total. The summed E-state index contributed by atoms with van der Waals surface area (Å²) in [7, 11) is 0. The molecule has 3 rings (SSSR count). The molecule has 0 saturated heterocycles. The molecule has 1 fully saturated rings. The van der Waals surface area contributed by atoms with Crippen molar-refractivity contribution in [3.8, 4) is 11.8 Å². The molecule has 5 unspecified atom stereocenters. The van der Waals surface area contributed by atoms with Crippen LogP contribution in [-0.2, 0) is 9.53 Å². The van der Waals surface area contributed by atoms with E-state index in [1.807, 2.05) is 81.4 Å². The average Bonchev–Trinajstić information content (AvgIpc) is 3.30. The summed E-state index contributed by atoms with van der Waals surface area (Å²) in [5, 5.41) is 9.97. The maximum Gasteiger partial charge on any atom is 0.310 e. The Morgan fingerprint density at radius 2 is 1.72 bits per heavy atom. The second-order valence-electron chi connectivity index (χ2n) is 8.76. The molecule has 32 heavy (non-hydrogen) atoms. The lowest BCUT2D eigenvalue weighted by Gasteiger charge is -2.25. The number of nitrogens with zero attached hydrogens (tertiary/aromatic N) is 1. The van der Waals surface area contributed by atoms with Gasteiger partial charge >= 0.3 is 5.97 Å². The molecule has 0 spiro atoms. The van der Waals surface area contributed by atoms with Crippen molar-refractivity contribution in [1.29, 1.82) is 5.26 Å². The Morgan fingerprint density at radius 1 is 1.12 bits per heavy atom. The van der Waals surface area contributed by atoms with Crippen LogP contribution in [0.5, 0.6) is 5.75 Å².